The predicted molar refractivity (Wildman–Crippen MR) is 73.7 cm³/mol. The van der Waals surface area contributed by atoms with Crippen molar-refractivity contribution >= 4 is 33.2 Å². The van der Waals surface area contributed by atoms with Gasteiger partial charge in [-0.2, -0.15) is 11.8 Å². The topological polar surface area (TPSA) is 98.2 Å². The third kappa shape index (κ3) is 4.10. The van der Waals surface area contributed by atoms with Crippen molar-refractivity contribution in [1.82, 2.24) is 0 Å². The molecule has 0 fully saturated rings. The molecule has 1 rings (SSSR count). The molecule has 17 heavy (non-hydrogen) atoms. The summed E-state index contributed by atoms with van der Waals surface area (Å²) in [5, 5.41) is 8.57. The maximum Gasteiger partial charge on any atom is 0.240 e. The molecule has 5 nitrogen and oxygen atoms in total. The lowest BCUT2D eigenvalue weighted by atomic mass is 10.3. The van der Waals surface area contributed by atoms with Gasteiger partial charge in [0, 0.05) is 17.5 Å². The molecule has 0 bridgehead atoms. The van der Waals surface area contributed by atoms with Crippen molar-refractivity contribution < 1.29 is 8.42 Å². The molecule has 0 aliphatic heterocycles. The Morgan fingerprint density at radius 2 is 2.12 bits per heavy atom. The minimum absolute atomic E-state index is 0.0332. The van der Waals surface area contributed by atoms with Crippen molar-refractivity contribution in [1.29, 1.82) is 0 Å². The van der Waals surface area contributed by atoms with Gasteiger partial charge < -0.3 is 11.1 Å². The molecule has 1 atom stereocenters. The van der Waals surface area contributed by atoms with E-state index in [0.29, 0.717) is 23.2 Å². The highest BCUT2D eigenvalue weighted by atomic mass is 32.2. The van der Waals surface area contributed by atoms with Crippen molar-refractivity contribution in [2.24, 2.45) is 5.14 Å². The maximum atomic E-state index is 11.4. The second-order valence-corrected chi connectivity index (χ2v) is 6.53. The van der Waals surface area contributed by atoms with E-state index in [4.69, 9.17) is 10.9 Å². The van der Waals surface area contributed by atoms with Crippen LogP contribution in [-0.2, 0) is 10.0 Å². The number of benzene rings is 1. The van der Waals surface area contributed by atoms with Crippen LogP contribution in [0, 0.1) is 0 Å². The Kier molecular flexibility index (Phi) is 4.67. The highest BCUT2D eigenvalue weighted by molar-refractivity contribution is 7.99. The lowest BCUT2D eigenvalue weighted by molar-refractivity contribution is 0.598. The Labute approximate surface area is 106 Å². The number of hydrogen-bond donors (Lipinski definition) is 3. The van der Waals surface area contributed by atoms with E-state index in [0.717, 1.165) is 0 Å². The average molecular weight is 275 g/mol. The standard InChI is InChI=1S/C10H17N3O2S2/c1-7(16-2)6-13-9-4-3-8(11)5-10(9)17(12,14)15/h3-5,7,13H,6,11H2,1-2H3,(H2,12,14,15). The molecule has 0 aliphatic rings. The van der Waals surface area contributed by atoms with E-state index in [1.165, 1.54) is 6.07 Å². The van der Waals surface area contributed by atoms with Crippen LogP contribution >= 0.6 is 11.8 Å². The normalized spacial score (nSPS) is 13.4. The molecule has 7 heteroatoms. The van der Waals surface area contributed by atoms with Crippen LogP contribution in [-0.4, -0.2) is 26.5 Å². The van der Waals surface area contributed by atoms with E-state index in [1.54, 1.807) is 23.9 Å². The lowest BCUT2D eigenvalue weighted by Crippen LogP contribution is -2.18. The van der Waals surface area contributed by atoms with Gasteiger partial charge in [-0.1, -0.05) is 6.92 Å². The van der Waals surface area contributed by atoms with Gasteiger partial charge in [0.1, 0.15) is 4.90 Å². The number of nitrogens with one attached hydrogen (secondary N) is 1. The third-order valence-electron chi connectivity index (χ3n) is 2.29. The molecule has 0 radical (unpaired) electrons. The number of primary sulfonamides is 1. The molecule has 0 heterocycles. The maximum absolute atomic E-state index is 11.4. The van der Waals surface area contributed by atoms with E-state index in [1.807, 2.05) is 13.2 Å². The van der Waals surface area contributed by atoms with Gasteiger partial charge in [0.25, 0.3) is 0 Å². The monoisotopic (exact) mass is 275 g/mol. The van der Waals surface area contributed by atoms with Gasteiger partial charge in [-0.3, -0.25) is 0 Å². The van der Waals surface area contributed by atoms with Gasteiger partial charge in [-0.15, -0.1) is 0 Å². The summed E-state index contributed by atoms with van der Waals surface area (Å²) in [4.78, 5) is 0.0332. The Hall–Kier alpha value is -0.920. The van der Waals surface area contributed by atoms with E-state index >= 15 is 0 Å². The van der Waals surface area contributed by atoms with Crippen molar-refractivity contribution in [2.75, 3.05) is 23.9 Å². The molecular formula is C10H17N3O2S2. The Bertz CT molecular complexity index is 488. The summed E-state index contributed by atoms with van der Waals surface area (Å²) >= 11 is 1.69. The quantitative estimate of drug-likeness (QED) is 0.698. The zero-order valence-electron chi connectivity index (χ0n) is 9.80. The van der Waals surface area contributed by atoms with E-state index in [-0.39, 0.29) is 4.90 Å². The first-order valence-corrected chi connectivity index (χ1v) is 7.87. The summed E-state index contributed by atoms with van der Waals surface area (Å²) in [6, 6.07) is 4.63. The van der Waals surface area contributed by atoms with Crippen LogP contribution < -0.4 is 16.2 Å². The number of nitrogen functional groups attached to an aromatic ring is 1. The predicted octanol–water partition coefficient (Wildman–Crippen LogP) is 1.08. The summed E-state index contributed by atoms with van der Waals surface area (Å²) in [5.74, 6) is 0. The first-order valence-electron chi connectivity index (χ1n) is 5.03. The van der Waals surface area contributed by atoms with Crippen molar-refractivity contribution in [2.45, 2.75) is 17.1 Å². The van der Waals surface area contributed by atoms with Gasteiger partial charge in [0.05, 0.1) is 5.69 Å². The van der Waals surface area contributed by atoms with Gasteiger partial charge in [-0.05, 0) is 24.5 Å². The molecule has 0 spiro atoms. The summed E-state index contributed by atoms with van der Waals surface area (Å²) in [7, 11) is -3.76. The van der Waals surface area contributed by atoms with Gasteiger partial charge >= 0.3 is 0 Å². The van der Waals surface area contributed by atoms with Crippen LogP contribution in [0.2, 0.25) is 0 Å². The van der Waals surface area contributed by atoms with Crippen LogP contribution in [0.4, 0.5) is 11.4 Å². The Balaban J connectivity index is 3.00. The molecule has 0 saturated carbocycles. The molecular weight excluding hydrogens is 258 g/mol. The third-order valence-corrected chi connectivity index (χ3v) is 4.22. The van der Waals surface area contributed by atoms with Crippen LogP contribution in [0.3, 0.4) is 0 Å². The van der Waals surface area contributed by atoms with Gasteiger partial charge in [-0.25, -0.2) is 13.6 Å². The summed E-state index contributed by atoms with van der Waals surface area (Å²) in [5.41, 5.74) is 6.42. The summed E-state index contributed by atoms with van der Waals surface area (Å²) in [6.07, 6.45) is 2.00. The number of nitrogens with two attached hydrogens (primary N) is 2. The number of sulfonamides is 1. The largest absolute Gasteiger partial charge is 0.399 e. The zero-order valence-corrected chi connectivity index (χ0v) is 11.4. The van der Waals surface area contributed by atoms with Gasteiger partial charge in [0.15, 0.2) is 0 Å². The molecule has 0 amide bonds. The first-order chi connectivity index (χ1) is 7.84. The van der Waals surface area contributed by atoms with Crippen LogP contribution in [0.15, 0.2) is 23.1 Å². The Morgan fingerprint density at radius 3 is 2.65 bits per heavy atom. The van der Waals surface area contributed by atoms with E-state index in [2.05, 4.69) is 5.32 Å². The summed E-state index contributed by atoms with van der Waals surface area (Å²) < 4.78 is 22.8. The SMILES string of the molecule is CSC(C)CNc1ccc(N)cc1S(N)(=O)=O. The van der Waals surface area contributed by atoms with Crippen molar-refractivity contribution in [3.05, 3.63) is 18.2 Å². The molecule has 5 N–H and O–H groups in total. The van der Waals surface area contributed by atoms with Crippen LogP contribution in [0.1, 0.15) is 6.92 Å². The summed E-state index contributed by atoms with van der Waals surface area (Å²) in [6.45, 7) is 2.71. The molecule has 96 valence electrons. The minimum Gasteiger partial charge on any atom is -0.399 e. The Morgan fingerprint density at radius 1 is 1.47 bits per heavy atom. The molecule has 0 saturated heterocycles. The second kappa shape index (κ2) is 5.61. The number of rotatable bonds is 5. The second-order valence-electron chi connectivity index (χ2n) is 3.73. The smallest absolute Gasteiger partial charge is 0.240 e. The van der Waals surface area contributed by atoms with E-state index < -0.39 is 10.0 Å². The molecule has 1 unspecified atom stereocenters. The van der Waals surface area contributed by atoms with Crippen LogP contribution in [0.25, 0.3) is 0 Å². The fraction of sp³-hybridized carbons (Fsp3) is 0.400. The lowest BCUT2D eigenvalue weighted by Gasteiger charge is -2.14. The van der Waals surface area contributed by atoms with E-state index in [9.17, 15) is 8.42 Å². The van der Waals surface area contributed by atoms with Crippen LogP contribution in [0.5, 0.6) is 0 Å². The van der Waals surface area contributed by atoms with Gasteiger partial charge in [0.2, 0.25) is 10.0 Å². The zero-order chi connectivity index (χ0) is 13.1. The van der Waals surface area contributed by atoms with Crippen molar-refractivity contribution in [3.63, 3.8) is 0 Å². The van der Waals surface area contributed by atoms with Crippen molar-refractivity contribution in [3.8, 4) is 0 Å². The minimum atomic E-state index is -3.76. The number of thioether (sulfide) groups is 1. The number of hydrogen-bond acceptors (Lipinski definition) is 5. The number of anilines is 2. The molecule has 0 aliphatic carbocycles. The average Bonchev–Trinajstić information content (AvgIpc) is 2.25. The highest BCUT2D eigenvalue weighted by Gasteiger charge is 2.14. The fourth-order valence-corrected chi connectivity index (χ4v) is 2.25. The first kappa shape index (κ1) is 14.1. The molecule has 0 aromatic heterocycles. The molecule has 1 aromatic carbocycles. The highest BCUT2D eigenvalue weighted by Crippen LogP contribution is 2.23. The fourth-order valence-electron chi connectivity index (χ4n) is 1.26. The molecule has 1 aromatic rings.